The van der Waals surface area contributed by atoms with E-state index in [1.165, 1.54) is 11.5 Å². The third-order valence-electron chi connectivity index (χ3n) is 0.774. The number of hydrogen-bond donors (Lipinski definition) is 0. The SMILES string of the molecule is C=COCC[As](C)C. The zero-order valence-electron chi connectivity index (χ0n) is 5.55. The van der Waals surface area contributed by atoms with Crippen LogP contribution in [0.2, 0.25) is 16.6 Å². The third-order valence-corrected chi connectivity index (χ3v) is 3.03. The second-order valence-electron chi connectivity index (χ2n) is 1.84. The Morgan fingerprint density at radius 3 is 2.62 bits per heavy atom. The fourth-order valence-corrected chi connectivity index (χ4v) is 1.31. The summed E-state index contributed by atoms with van der Waals surface area (Å²) in [7, 11) is 0. The predicted molar refractivity (Wildman–Crippen MR) is 38.4 cm³/mol. The third kappa shape index (κ3) is 6.10. The minimum absolute atomic E-state index is 0.430. The van der Waals surface area contributed by atoms with Gasteiger partial charge in [-0.2, -0.15) is 0 Å². The van der Waals surface area contributed by atoms with Gasteiger partial charge in [-0.1, -0.05) is 0 Å². The maximum absolute atomic E-state index is 4.94. The molecule has 0 aliphatic carbocycles. The molecule has 0 aliphatic heterocycles. The molecule has 0 aromatic heterocycles. The Labute approximate surface area is 56.0 Å². The van der Waals surface area contributed by atoms with Crippen molar-refractivity contribution in [3.8, 4) is 0 Å². The Morgan fingerprint density at radius 1 is 1.62 bits per heavy atom. The van der Waals surface area contributed by atoms with E-state index in [-0.39, 0.29) is 0 Å². The molecule has 0 aromatic rings. The van der Waals surface area contributed by atoms with Crippen LogP contribution < -0.4 is 0 Å². The molecular weight excluding hydrogens is 163 g/mol. The summed E-state index contributed by atoms with van der Waals surface area (Å²) in [6.45, 7) is 4.32. The molecule has 0 aliphatic rings. The zero-order valence-corrected chi connectivity index (χ0v) is 7.43. The molecule has 0 bridgehead atoms. The molecule has 0 spiro atoms. The van der Waals surface area contributed by atoms with Gasteiger partial charge in [0, 0.05) is 0 Å². The summed E-state index contributed by atoms with van der Waals surface area (Å²) >= 11 is -0.430. The summed E-state index contributed by atoms with van der Waals surface area (Å²) in [5.41, 5.74) is 4.64. The van der Waals surface area contributed by atoms with Gasteiger partial charge in [-0.05, 0) is 0 Å². The van der Waals surface area contributed by atoms with Gasteiger partial charge >= 0.3 is 55.5 Å². The summed E-state index contributed by atoms with van der Waals surface area (Å²) in [6.07, 6.45) is 1.51. The average molecular weight is 176 g/mol. The summed E-state index contributed by atoms with van der Waals surface area (Å²) in [5.74, 6) is 0. The number of rotatable bonds is 4. The Balaban J connectivity index is 2.81. The van der Waals surface area contributed by atoms with E-state index >= 15 is 0 Å². The summed E-state index contributed by atoms with van der Waals surface area (Å²) in [4.78, 5) is 0. The van der Waals surface area contributed by atoms with E-state index in [4.69, 9.17) is 4.74 Å². The molecular formula is C6H13AsO. The van der Waals surface area contributed by atoms with Crippen LogP contribution in [0.25, 0.3) is 0 Å². The van der Waals surface area contributed by atoms with Gasteiger partial charge in [0.2, 0.25) is 0 Å². The van der Waals surface area contributed by atoms with Crippen LogP contribution in [0.3, 0.4) is 0 Å². The van der Waals surface area contributed by atoms with E-state index < -0.39 is 14.7 Å². The molecule has 0 saturated carbocycles. The predicted octanol–water partition coefficient (Wildman–Crippen LogP) is 1.90. The van der Waals surface area contributed by atoms with Gasteiger partial charge in [0.1, 0.15) is 0 Å². The second kappa shape index (κ2) is 5.24. The second-order valence-corrected chi connectivity index (χ2v) is 7.31. The standard InChI is InChI=1S/C6H13AsO/c1-4-8-6-5-7(2)3/h4H,1,5-6H2,2-3H3. The monoisotopic (exact) mass is 176 g/mol. The van der Waals surface area contributed by atoms with E-state index in [0.717, 1.165) is 6.61 Å². The van der Waals surface area contributed by atoms with Crippen LogP contribution in [0.15, 0.2) is 12.8 Å². The van der Waals surface area contributed by atoms with Crippen LogP contribution in [0, 0.1) is 0 Å². The fourth-order valence-electron chi connectivity index (χ4n) is 0.319. The summed E-state index contributed by atoms with van der Waals surface area (Å²) < 4.78 is 4.94. The normalized spacial score (nSPS) is 9.38. The van der Waals surface area contributed by atoms with E-state index in [2.05, 4.69) is 18.0 Å². The topological polar surface area (TPSA) is 9.23 Å². The Morgan fingerprint density at radius 2 is 2.25 bits per heavy atom. The molecule has 0 atom stereocenters. The van der Waals surface area contributed by atoms with Crippen LogP contribution in [0.5, 0.6) is 0 Å². The molecule has 0 N–H and O–H groups in total. The van der Waals surface area contributed by atoms with Crippen LogP contribution >= 0.6 is 0 Å². The number of ether oxygens (including phenoxy) is 1. The van der Waals surface area contributed by atoms with Crippen molar-refractivity contribution in [2.75, 3.05) is 6.61 Å². The first kappa shape index (κ1) is 8.10. The molecule has 2 heteroatoms. The van der Waals surface area contributed by atoms with Crippen molar-refractivity contribution in [3.63, 3.8) is 0 Å². The molecule has 0 amide bonds. The molecule has 0 unspecified atom stereocenters. The molecule has 0 rings (SSSR count). The molecule has 8 heavy (non-hydrogen) atoms. The Bertz CT molecular complexity index is 61.5. The zero-order chi connectivity index (χ0) is 6.41. The molecule has 0 fully saturated rings. The van der Waals surface area contributed by atoms with E-state index in [1.807, 2.05) is 0 Å². The number of hydrogen-bond acceptors (Lipinski definition) is 1. The first-order valence-electron chi connectivity index (χ1n) is 2.64. The van der Waals surface area contributed by atoms with E-state index in [1.54, 1.807) is 0 Å². The van der Waals surface area contributed by atoms with Crippen molar-refractivity contribution >= 4 is 14.7 Å². The Kier molecular flexibility index (Phi) is 5.30. The molecule has 0 heterocycles. The van der Waals surface area contributed by atoms with Crippen LogP contribution in [-0.4, -0.2) is 21.3 Å². The Hall–Kier alpha value is 0.0984. The molecule has 1 nitrogen and oxygen atoms in total. The van der Waals surface area contributed by atoms with Gasteiger partial charge in [-0.15, -0.1) is 0 Å². The van der Waals surface area contributed by atoms with Gasteiger partial charge < -0.3 is 0 Å². The van der Waals surface area contributed by atoms with Gasteiger partial charge in [-0.3, -0.25) is 0 Å². The van der Waals surface area contributed by atoms with Gasteiger partial charge in [0.25, 0.3) is 0 Å². The van der Waals surface area contributed by atoms with E-state index in [0.29, 0.717) is 0 Å². The molecule has 0 saturated heterocycles. The van der Waals surface area contributed by atoms with Crippen molar-refractivity contribution in [2.45, 2.75) is 16.6 Å². The molecule has 0 aromatic carbocycles. The molecule has 48 valence electrons. The van der Waals surface area contributed by atoms with E-state index in [9.17, 15) is 0 Å². The average Bonchev–Trinajstić information content (AvgIpc) is 1.66. The van der Waals surface area contributed by atoms with Gasteiger partial charge in [0.15, 0.2) is 0 Å². The van der Waals surface area contributed by atoms with Gasteiger partial charge in [-0.25, -0.2) is 0 Å². The van der Waals surface area contributed by atoms with Gasteiger partial charge in [0.05, 0.1) is 0 Å². The quantitative estimate of drug-likeness (QED) is 0.361. The fraction of sp³-hybridized carbons (Fsp3) is 0.667. The maximum atomic E-state index is 4.94. The first-order chi connectivity index (χ1) is 3.77. The van der Waals surface area contributed by atoms with Crippen LogP contribution in [0.4, 0.5) is 0 Å². The van der Waals surface area contributed by atoms with Crippen LogP contribution in [0.1, 0.15) is 0 Å². The van der Waals surface area contributed by atoms with Crippen LogP contribution in [-0.2, 0) is 4.74 Å². The first-order valence-corrected chi connectivity index (χ1v) is 7.72. The molecule has 0 radical (unpaired) electrons. The summed E-state index contributed by atoms with van der Waals surface area (Å²) in [6, 6.07) is 0. The van der Waals surface area contributed by atoms with Crippen molar-refractivity contribution in [3.05, 3.63) is 12.8 Å². The van der Waals surface area contributed by atoms with Crippen molar-refractivity contribution in [2.24, 2.45) is 0 Å². The van der Waals surface area contributed by atoms with Crippen molar-refractivity contribution in [1.82, 2.24) is 0 Å². The summed E-state index contributed by atoms with van der Waals surface area (Å²) in [5, 5.41) is 1.26. The van der Waals surface area contributed by atoms with Crippen molar-refractivity contribution in [1.29, 1.82) is 0 Å². The minimum atomic E-state index is -0.430. The van der Waals surface area contributed by atoms with Crippen molar-refractivity contribution < 1.29 is 4.74 Å².